The van der Waals surface area contributed by atoms with Gasteiger partial charge >= 0.3 is 0 Å². The van der Waals surface area contributed by atoms with Crippen LogP contribution in [-0.4, -0.2) is 27.3 Å². The number of benzene rings is 1. The van der Waals surface area contributed by atoms with Crippen molar-refractivity contribution in [2.75, 3.05) is 27.3 Å². The molecular weight excluding hydrogens is 318 g/mol. The lowest BCUT2D eigenvalue weighted by Gasteiger charge is -2.12. The number of hydrogen-bond acceptors (Lipinski definition) is 3. The summed E-state index contributed by atoms with van der Waals surface area (Å²) in [4.78, 5) is 0. The highest BCUT2D eigenvalue weighted by atomic mass is 79.9. The Morgan fingerprint density at radius 2 is 1.65 bits per heavy atom. The van der Waals surface area contributed by atoms with Gasteiger partial charge in [-0.25, -0.2) is 0 Å². The van der Waals surface area contributed by atoms with E-state index < -0.39 is 0 Å². The Hall–Kier alpha value is -0.740. The van der Waals surface area contributed by atoms with Gasteiger partial charge in [0.05, 0.1) is 14.2 Å². The molecule has 0 aliphatic carbocycles. The molecule has 0 saturated heterocycles. The van der Waals surface area contributed by atoms with Crippen LogP contribution in [0.25, 0.3) is 0 Å². The summed E-state index contributed by atoms with van der Waals surface area (Å²) in [5, 5.41) is 3.36. The van der Waals surface area contributed by atoms with Crippen molar-refractivity contribution in [2.45, 2.75) is 39.0 Å². The van der Waals surface area contributed by atoms with Crippen LogP contribution in [0.3, 0.4) is 0 Å². The predicted octanol–water partition coefficient (Wildman–Crippen LogP) is 4.18. The smallest absolute Gasteiger partial charge is 0.161 e. The second-order valence-corrected chi connectivity index (χ2v) is 5.67. The second kappa shape index (κ2) is 10.1. The van der Waals surface area contributed by atoms with E-state index in [1.807, 2.05) is 6.07 Å². The van der Waals surface area contributed by atoms with Gasteiger partial charge in [0.2, 0.25) is 0 Å². The Bertz CT molecular complexity index is 396. The van der Waals surface area contributed by atoms with Crippen molar-refractivity contribution in [3.63, 3.8) is 0 Å². The predicted molar refractivity (Wildman–Crippen MR) is 88.0 cm³/mol. The minimum Gasteiger partial charge on any atom is -0.493 e. The topological polar surface area (TPSA) is 30.5 Å². The summed E-state index contributed by atoms with van der Waals surface area (Å²) < 4.78 is 11.7. The molecule has 0 bridgehead atoms. The maximum absolute atomic E-state index is 5.35. The summed E-state index contributed by atoms with van der Waals surface area (Å²) in [5.74, 6) is 1.58. The molecule has 1 rings (SSSR count). The van der Waals surface area contributed by atoms with E-state index in [9.17, 15) is 0 Å². The molecule has 0 radical (unpaired) electrons. The third-order valence-electron chi connectivity index (χ3n) is 3.35. The first-order valence-corrected chi connectivity index (χ1v) is 8.13. The number of hydrogen-bond donors (Lipinski definition) is 1. The van der Waals surface area contributed by atoms with E-state index in [-0.39, 0.29) is 0 Å². The standard InChI is InChI=1S/C16H26BrNO2/c1-4-18-10-8-6-5-7-9-13-11-15(19-2)16(20-3)12-14(13)17/h11-12,18H,4-10H2,1-3H3. The average Bonchev–Trinajstić information content (AvgIpc) is 2.47. The molecule has 0 aliphatic heterocycles. The molecule has 4 heteroatoms. The van der Waals surface area contributed by atoms with Crippen molar-refractivity contribution < 1.29 is 9.47 Å². The van der Waals surface area contributed by atoms with Gasteiger partial charge in [0.15, 0.2) is 11.5 Å². The van der Waals surface area contributed by atoms with Crippen molar-refractivity contribution in [1.29, 1.82) is 0 Å². The molecule has 0 aliphatic rings. The van der Waals surface area contributed by atoms with Crippen LogP contribution in [0.15, 0.2) is 16.6 Å². The Balaban J connectivity index is 2.40. The number of halogens is 1. The largest absolute Gasteiger partial charge is 0.493 e. The molecule has 1 aromatic carbocycles. The summed E-state index contributed by atoms with van der Waals surface area (Å²) in [6.07, 6.45) is 6.10. The third-order valence-corrected chi connectivity index (χ3v) is 4.09. The number of unbranched alkanes of at least 4 members (excludes halogenated alkanes) is 3. The van der Waals surface area contributed by atoms with Gasteiger partial charge in [-0.2, -0.15) is 0 Å². The number of nitrogens with one attached hydrogen (secondary N) is 1. The average molecular weight is 344 g/mol. The minimum absolute atomic E-state index is 0.772. The van der Waals surface area contributed by atoms with Crippen LogP contribution in [0.1, 0.15) is 38.2 Å². The second-order valence-electron chi connectivity index (χ2n) is 4.82. The molecule has 114 valence electrons. The van der Waals surface area contributed by atoms with E-state index >= 15 is 0 Å². The molecule has 1 aromatic rings. The molecule has 1 N–H and O–H groups in total. The maximum atomic E-state index is 5.35. The highest BCUT2D eigenvalue weighted by Gasteiger charge is 2.09. The van der Waals surface area contributed by atoms with Gasteiger partial charge in [0, 0.05) is 4.47 Å². The molecular formula is C16H26BrNO2. The van der Waals surface area contributed by atoms with Gasteiger partial charge in [0.25, 0.3) is 0 Å². The third kappa shape index (κ3) is 5.71. The quantitative estimate of drug-likeness (QED) is 0.646. The number of methoxy groups -OCH3 is 2. The normalized spacial score (nSPS) is 10.6. The lowest BCUT2D eigenvalue weighted by Crippen LogP contribution is -2.13. The van der Waals surface area contributed by atoms with Crippen LogP contribution in [0.5, 0.6) is 11.5 Å². The first-order chi connectivity index (χ1) is 9.72. The van der Waals surface area contributed by atoms with Crippen LogP contribution in [0.4, 0.5) is 0 Å². The summed E-state index contributed by atoms with van der Waals surface area (Å²) >= 11 is 3.61. The molecule has 0 amide bonds. The summed E-state index contributed by atoms with van der Waals surface area (Å²) in [6, 6.07) is 4.06. The summed E-state index contributed by atoms with van der Waals surface area (Å²) in [5.41, 5.74) is 1.29. The lowest BCUT2D eigenvalue weighted by atomic mass is 10.1. The highest BCUT2D eigenvalue weighted by molar-refractivity contribution is 9.10. The van der Waals surface area contributed by atoms with Gasteiger partial charge in [-0.3, -0.25) is 0 Å². The number of aryl methyl sites for hydroxylation is 1. The summed E-state index contributed by atoms with van der Waals surface area (Å²) in [6.45, 7) is 4.35. The van der Waals surface area contributed by atoms with Crippen LogP contribution in [-0.2, 0) is 6.42 Å². The fourth-order valence-corrected chi connectivity index (χ4v) is 2.70. The van der Waals surface area contributed by atoms with Gasteiger partial charge < -0.3 is 14.8 Å². The zero-order chi connectivity index (χ0) is 14.8. The molecule has 3 nitrogen and oxygen atoms in total. The molecule has 0 saturated carbocycles. The fourth-order valence-electron chi connectivity index (χ4n) is 2.18. The van der Waals surface area contributed by atoms with E-state index in [0.29, 0.717) is 0 Å². The highest BCUT2D eigenvalue weighted by Crippen LogP contribution is 2.33. The van der Waals surface area contributed by atoms with E-state index in [1.54, 1.807) is 14.2 Å². The molecule has 20 heavy (non-hydrogen) atoms. The van der Waals surface area contributed by atoms with Crippen LogP contribution in [0.2, 0.25) is 0 Å². The Morgan fingerprint density at radius 1 is 1.00 bits per heavy atom. The van der Waals surface area contributed by atoms with Crippen molar-refractivity contribution in [3.8, 4) is 11.5 Å². The van der Waals surface area contributed by atoms with Crippen LogP contribution in [0, 0.1) is 0 Å². The van der Waals surface area contributed by atoms with Gasteiger partial charge in [-0.15, -0.1) is 0 Å². The number of ether oxygens (including phenoxy) is 2. The zero-order valence-electron chi connectivity index (χ0n) is 12.8. The molecule has 0 aromatic heterocycles. The van der Waals surface area contributed by atoms with Crippen LogP contribution >= 0.6 is 15.9 Å². The molecule has 0 unspecified atom stereocenters. The molecule has 0 atom stereocenters. The first kappa shape index (κ1) is 17.3. The van der Waals surface area contributed by atoms with E-state index in [4.69, 9.17) is 9.47 Å². The van der Waals surface area contributed by atoms with Crippen molar-refractivity contribution in [3.05, 3.63) is 22.2 Å². The molecule has 0 spiro atoms. The van der Waals surface area contributed by atoms with Crippen LogP contribution < -0.4 is 14.8 Å². The van der Waals surface area contributed by atoms with Gasteiger partial charge in [-0.05, 0) is 50.0 Å². The fraction of sp³-hybridized carbons (Fsp3) is 0.625. The first-order valence-electron chi connectivity index (χ1n) is 7.34. The Labute approximate surface area is 131 Å². The SMILES string of the molecule is CCNCCCCCCc1cc(OC)c(OC)cc1Br. The zero-order valence-corrected chi connectivity index (χ0v) is 14.4. The number of rotatable bonds is 10. The molecule has 0 heterocycles. The van der Waals surface area contributed by atoms with Gasteiger partial charge in [0.1, 0.15) is 0 Å². The Morgan fingerprint density at radius 3 is 2.30 bits per heavy atom. The van der Waals surface area contributed by atoms with Crippen molar-refractivity contribution >= 4 is 15.9 Å². The van der Waals surface area contributed by atoms with Crippen molar-refractivity contribution in [1.82, 2.24) is 5.32 Å². The van der Waals surface area contributed by atoms with E-state index in [1.165, 1.54) is 31.2 Å². The lowest BCUT2D eigenvalue weighted by molar-refractivity contribution is 0.354. The summed E-state index contributed by atoms with van der Waals surface area (Å²) in [7, 11) is 3.34. The van der Waals surface area contributed by atoms with E-state index in [0.717, 1.165) is 35.5 Å². The maximum Gasteiger partial charge on any atom is 0.161 e. The minimum atomic E-state index is 0.772. The monoisotopic (exact) mass is 343 g/mol. The Kier molecular flexibility index (Phi) is 8.70. The molecule has 0 fully saturated rings. The van der Waals surface area contributed by atoms with Crippen molar-refractivity contribution in [2.24, 2.45) is 0 Å². The van der Waals surface area contributed by atoms with E-state index in [2.05, 4.69) is 34.2 Å². The van der Waals surface area contributed by atoms with Gasteiger partial charge in [-0.1, -0.05) is 35.7 Å².